The molecule has 3 aromatic carbocycles. The lowest BCUT2D eigenvalue weighted by atomic mass is 10.0. The Hall–Kier alpha value is -3.64. The van der Waals surface area contributed by atoms with E-state index in [1.807, 2.05) is 49.4 Å². The number of carbonyl (C=O) groups excluding carboxylic acids is 2. The molecule has 0 spiro atoms. The average molecular weight is 376 g/mol. The summed E-state index contributed by atoms with van der Waals surface area (Å²) >= 11 is 0. The van der Waals surface area contributed by atoms with Crippen LogP contribution in [0.3, 0.4) is 0 Å². The molecule has 0 atom stereocenters. The third-order valence-corrected chi connectivity index (χ3v) is 4.15. The molecule has 0 aliphatic heterocycles. The highest BCUT2D eigenvalue weighted by atomic mass is 16.5. The number of hydrogen-bond donors (Lipinski definition) is 3. The smallest absolute Gasteiger partial charge is 0.274 e. The molecule has 3 N–H and O–H groups in total. The van der Waals surface area contributed by atoms with E-state index in [1.165, 1.54) is 12.1 Å². The van der Waals surface area contributed by atoms with Crippen LogP contribution in [0.25, 0.3) is 11.1 Å². The van der Waals surface area contributed by atoms with Crippen molar-refractivity contribution in [2.75, 3.05) is 11.9 Å². The first-order chi connectivity index (χ1) is 13.6. The molecule has 0 saturated heterocycles. The predicted octanol–water partition coefficient (Wildman–Crippen LogP) is 4.12. The van der Waals surface area contributed by atoms with Gasteiger partial charge in [0.15, 0.2) is 0 Å². The van der Waals surface area contributed by atoms with E-state index >= 15 is 0 Å². The van der Waals surface area contributed by atoms with Gasteiger partial charge in [0.25, 0.3) is 11.8 Å². The first-order valence-electron chi connectivity index (χ1n) is 8.80. The van der Waals surface area contributed by atoms with Crippen molar-refractivity contribution in [3.05, 3.63) is 83.9 Å². The van der Waals surface area contributed by atoms with Gasteiger partial charge in [-0.3, -0.25) is 14.8 Å². The molecule has 0 aromatic heterocycles. The Morgan fingerprint density at radius 1 is 0.857 bits per heavy atom. The molecule has 6 nitrogen and oxygen atoms in total. The van der Waals surface area contributed by atoms with Crippen molar-refractivity contribution in [2.45, 2.75) is 6.92 Å². The lowest BCUT2D eigenvalue weighted by Gasteiger charge is -2.13. The van der Waals surface area contributed by atoms with E-state index in [2.05, 4.69) is 5.32 Å². The highest BCUT2D eigenvalue weighted by Crippen LogP contribution is 2.27. The first kappa shape index (κ1) is 19.1. The molecule has 0 unspecified atom stereocenters. The van der Waals surface area contributed by atoms with Gasteiger partial charge in [-0.25, -0.2) is 5.48 Å². The summed E-state index contributed by atoms with van der Waals surface area (Å²) in [6, 6.07) is 21.6. The van der Waals surface area contributed by atoms with Crippen molar-refractivity contribution >= 4 is 17.5 Å². The molecular formula is C22H20N2O4. The van der Waals surface area contributed by atoms with Gasteiger partial charge >= 0.3 is 0 Å². The summed E-state index contributed by atoms with van der Waals surface area (Å²) in [5.74, 6) is -0.570. The number of nitrogens with one attached hydrogen (secondary N) is 2. The largest absolute Gasteiger partial charge is 0.492 e. The molecule has 0 bridgehead atoms. The monoisotopic (exact) mass is 376 g/mol. The van der Waals surface area contributed by atoms with Crippen molar-refractivity contribution < 1.29 is 19.5 Å². The highest BCUT2D eigenvalue weighted by molar-refractivity contribution is 6.06. The molecule has 6 heteroatoms. The van der Waals surface area contributed by atoms with Crippen LogP contribution in [-0.2, 0) is 0 Å². The number of hydroxylamine groups is 1. The van der Waals surface area contributed by atoms with Crippen molar-refractivity contribution in [1.29, 1.82) is 0 Å². The standard InChI is InChI=1S/C22H20N2O4/c1-2-28-20-13-12-18(22(26)24-27)14-19(20)23-21(25)17-10-8-16(9-11-17)15-6-4-3-5-7-15/h3-14,27H,2H2,1H3,(H,23,25)(H,24,26). The van der Waals surface area contributed by atoms with E-state index in [0.717, 1.165) is 11.1 Å². The molecule has 142 valence electrons. The quantitative estimate of drug-likeness (QED) is 0.446. The Balaban J connectivity index is 1.82. The van der Waals surface area contributed by atoms with Gasteiger partial charge in [-0.15, -0.1) is 0 Å². The zero-order chi connectivity index (χ0) is 19.9. The van der Waals surface area contributed by atoms with Crippen LogP contribution < -0.4 is 15.5 Å². The predicted molar refractivity (Wildman–Crippen MR) is 107 cm³/mol. The molecule has 2 amide bonds. The maximum atomic E-state index is 12.7. The van der Waals surface area contributed by atoms with E-state index in [-0.39, 0.29) is 11.5 Å². The highest BCUT2D eigenvalue weighted by Gasteiger charge is 2.14. The summed E-state index contributed by atoms with van der Waals surface area (Å²) in [6.07, 6.45) is 0. The van der Waals surface area contributed by atoms with Crippen LogP contribution in [0.1, 0.15) is 27.6 Å². The van der Waals surface area contributed by atoms with Crippen LogP contribution >= 0.6 is 0 Å². The van der Waals surface area contributed by atoms with Crippen LogP contribution in [0, 0.1) is 0 Å². The van der Waals surface area contributed by atoms with Gasteiger partial charge in [0, 0.05) is 11.1 Å². The first-order valence-corrected chi connectivity index (χ1v) is 8.80. The van der Waals surface area contributed by atoms with Crippen LogP contribution in [0.2, 0.25) is 0 Å². The Morgan fingerprint density at radius 2 is 1.50 bits per heavy atom. The van der Waals surface area contributed by atoms with Gasteiger partial charge < -0.3 is 10.1 Å². The fraction of sp³-hybridized carbons (Fsp3) is 0.0909. The fourth-order valence-corrected chi connectivity index (χ4v) is 2.75. The van der Waals surface area contributed by atoms with E-state index in [0.29, 0.717) is 23.6 Å². The summed E-state index contributed by atoms with van der Waals surface area (Å²) in [6.45, 7) is 2.22. The molecule has 3 rings (SSSR count). The van der Waals surface area contributed by atoms with Crippen LogP contribution in [0.15, 0.2) is 72.8 Å². The third kappa shape index (κ3) is 4.36. The topological polar surface area (TPSA) is 87.7 Å². The fourth-order valence-electron chi connectivity index (χ4n) is 2.75. The third-order valence-electron chi connectivity index (χ3n) is 4.15. The maximum Gasteiger partial charge on any atom is 0.274 e. The zero-order valence-corrected chi connectivity index (χ0v) is 15.3. The van der Waals surface area contributed by atoms with E-state index in [9.17, 15) is 9.59 Å². The minimum atomic E-state index is -0.675. The van der Waals surface area contributed by atoms with E-state index < -0.39 is 5.91 Å². The minimum Gasteiger partial charge on any atom is -0.492 e. The minimum absolute atomic E-state index is 0.195. The van der Waals surface area contributed by atoms with Crippen LogP contribution in [0.5, 0.6) is 5.75 Å². The molecule has 28 heavy (non-hydrogen) atoms. The second-order valence-corrected chi connectivity index (χ2v) is 5.98. The zero-order valence-electron chi connectivity index (χ0n) is 15.3. The lowest BCUT2D eigenvalue weighted by Crippen LogP contribution is -2.19. The van der Waals surface area contributed by atoms with E-state index in [4.69, 9.17) is 9.94 Å². The molecule has 0 saturated carbocycles. The molecule has 0 heterocycles. The summed E-state index contributed by atoms with van der Waals surface area (Å²) in [5, 5.41) is 11.6. The van der Waals surface area contributed by atoms with Gasteiger partial charge in [0.05, 0.1) is 12.3 Å². The number of carbonyl (C=O) groups is 2. The van der Waals surface area contributed by atoms with Crippen molar-refractivity contribution in [3.8, 4) is 16.9 Å². The van der Waals surface area contributed by atoms with Gasteiger partial charge in [-0.1, -0.05) is 42.5 Å². The Kier molecular flexibility index (Phi) is 6.04. The molecular weight excluding hydrogens is 356 g/mol. The lowest BCUT2D eigenvalue weighted by molar-refractivity contribution is 0.0706. The molecule has 0 fully saturated rings. The van der Waals surface area contributed by atoms with Crippen LogP contribution in [0.4, 0.5) is 5.69 Å². The molecule has 0 radical (unpaired) electrons. The SMILES string of the molecule is CCOc1ccc(C(=O)NO)cc1NC(=O)c1ccc(-c2ccccc2)cc1. The van der Waals surface area contributed by atoms with Gasteiger partial charge in [0.2, 0.25) is 0 Å². The number of rotatable bonds is 6. The normalized spacial score (nSPS) is 10.2. The van der Waals surface area contributed by atoms with Gasteiger partial charge in [-0.05, 0) is 48.4 Å². The van der Waals surface area contributed by atoms with Crippen molar-refractivity contribution in [1.82, 2.24) is 5.48 Å². The summed E-state index contributed by atoms with van der Waals surface area (Å²) in [7, 11) is 0. The number of hydrogen-bond acceptors (Lipinski definition) is 4. The summed E-state index contributed by atoms with van der Waals surface area (Å²) < 4.78 is 5.51. The Labute approximate surface area is 162 Å². The van der Waals surface area contributed by atoms with Crippen molar-refractivity contribution in [2.24, 2.45) is 0 Å². The number of amides is 2. The van der Waals surface area contributed by atoms with Crippen molar-refractivity contribution in [3.63, 3.8) is 0 Å². The van der Waals surface area contributed by atoms with Gasteiger partial charge in [-0.2, -0.15) is 0 Å². The van der Waals surface area contributed by atoms with E-state index in [1.54, 1.807) is 23.7 Å². The van der Waals surface area contributed by atoms with Gasteiger partial charge in [0.1, 0.15) is 5.75 Å². The summed E-state index contributed by atoms with van der Waals surface area (Å²) in [4.78, 5) is 24.3. The average Bonchev–Trinajstić information content (AvgIpc) is 2.75. The number of benzene rings is 3. The maximum absolute atomic E-state index is 12.7. The second kappa shape index (κ2) is 8.83. The Morgan fingerprint density at radius 3 is 2.14 bits per heavy atom. The van der Waals surface area contributed by atoms with Crippen LogP contribution in [-0.4, -0.2) is 23.6 Å². The number of ether oxygens (including phenoxy) is 1. The molecule has 3 aromatic rings. The number of anilines is 1. The molecule has 0 aliphatic rings. The summed E-state index contributed by atoms with van der Waals surface area (Å²) in [5.41, 5.74) is 4.66. The Bertz CT molecular complexity index is 970. The molecule has 0 aliphatic carbocycles. The second-order valence-electron chi connectivity index (χ2n) is 5.98.